The zero-order valence-electron chi connectivity index (χ0n) is 13.9. The quantitative estimate of drug-likeness (QED) is 0.876. The summed E-state index contributed by atoms with van der Waals surface area (Å²) in [7, 11) is 0. The van der Waals surface area contributed by atoms with Gasteiger partial charge in [-0.3, -0.25) is 4.98 Å². The molecule has 1 amide bonds. The molecule has 1 aromatic carbocycles. The van der Waals surface area contributed by atoms with Crippen LogP contribution in [0, 0.1) is 5.41 Å². The van der Waals surface area contributed by atoms with Gasteiger partial charge in [0.2, 0.25) is 0 Å². The number of anilines is 1. The maximum absolute atomic E-state index is 11.5. The summed E-state index contributed by atoms with van der Waals surface area (Å²) in [5.74, 6) is 0. The first-order chi connectivity index (χ1) is 10.9. The smallest absolute Gasteiger partial charge is 0.407 e. The fourth-order valence-corrected chi connectivity index (χ4v) is 3.22. The van der Waals surface area contributed by atoms with Crippen molar-refractivity contribution in [3.8, 4) is 0 Å². The molecule has 1 unspecified atom stereocenters. The number of piperazine rings is 1. The molecule has 0 bridgehead atoms. The number of hydrogen-bond acceptors (Lipinski definition) is 3. The first-order valence-electron chi connectivity index (χ1n) is 7.95. The topological polar surface area (TPSA) is 56.7 Å². The molecule has 0 spiro atoms. The van der Waals surface area contributed by atoms with Gasteiger partial charge in [-0.05, 0) is 17.5 Å². The maximum atomic E-state index is 11.5. The van der Waals surface area contributed by atoms with Crippen LogP contribution in [0.3, 0.4) is 0 Å². The molecule has 122 valence electrons. The Morgan fingerprint density at radius 1 is 1.26 bits per heavy atom. The fraction of sp³-hybridized carbons (Fsp3) is 0.444. The van der Waals surface area contributed by atoms with Gasteiger partial charge < -0.3 is 14.9 Å². The third-order valence-electron chi connectivity index (χ3n) is 4.57. The number of fused-ring (bicyclic) bond motifs is 1. The van der Waals surface area contributed by atoms with E-state index in [0.29, 0.717) is 19.6 Å². The van der Waals surface area contributed by atoms with E-state index in [2.05, 4.69) is 42.8 Å². The third kappa shape index (κ3) is 3.09. The molecule has 1 aromatic heterocycles. The summed E-state index contributed by atoms with van der Waals surface area (Å²) in [5.41, 5.74) is 1.93. The van der Waals surface area contributed by atoms with E-state index in [4.69, 9.17) is 0 Å². The van der Waals surface area contributed by atoms with Crippen molar-refractivity contribution in [2.75, 3.05) is 24.5 Å². The van der Waals surface area contributed by atoms with Crippen LogP contribution >= 0.6 is 0 Å². The molecule has 1 fully saturated rings. The Kier molecular flexibility index (Phi) is 3.88. The average Bonchev–Trinajstić information content (AvgIpc) is 2.53. The zero-order valence-corrected chi connectivity index (χ0v) is 13.9. The monoisotopic (exact) mass is 313 g/mol. The lowest BCUT2D eigenvalue weighted by molar-refractivity contribution is 0.0748. The fourth-order valence-electron chi connectivity index (χ4n) is 3.22. The summed E-state index contributed by atoms with van der Waals surface area (Å²) < 4.78 is 0. The lowest BCUT2D eigenvalue weighted by Crippen LogP contribution is -2.59. The van der Waals surface area contributed by atoms with Gasteiger partial charge in [-0.15, -0.1) is 0 Å². The van der Waals surface area contributed by atoms with Crippen LogP contribution in [-0.2, 0) is 0 Å². The summed E-state index contributed by atoms with van der Waals surface area (Å²) >= 11 is 0. The molecule has 1 N–H and O–H groups in total. The van der Waals surface area contributed by atoms with Gasteiger partial charge in [-0.1, -0.05) is 39.0 Å². The SMILES string of the molecule is CC(C)(C)C1CN(c2cnc3ccccc3c2)CCN1C(=O)O. The first-order valence-corrected chi connectivity index (χ1v) is 7.95. The van der Waals surface area contributed by atoms with E-state index in [1.54, 1.807) is 4.90 Å². The van der Waals surface area contributed by atoms with Gasteiger partial charge in [0.1, 0.15) is 0 Å². The predicted octanol–water partition coefficient (Wildman–Crippen LogP) is 3.45. The van der Waals surface area contributed by atoms with Gasteiger partial charge in [0.05, 0.1) is 23.4 Å². The van der Waals surface area contributed by atoms with Gasteiger partial charge in [-0.25, -0.2) is 4.79 Å². The lowest BCUT2D eigenvalue weighted by Gasteiger charge is -2.46. The summed E-state index contributed by atoms with van der Waals surface area (Å²) in [6.07, 6.45) is 1.06. The number of aromatic nitrogens is 1. The average molecular weight is 313 g/mol. The maximum Gasteiger partial charge on any atom is 0.407 e. The van der Waals surface area contributed by atoms with E-state index in [9.17, 15) is 9.90 Å². The Labute approximate surface area is 136 Å². The van der Waals surface area contributed by atoms with E-state index in [1.165, 1.54) is 0 Å². The summed E-state index contributed by atoms with van der Waals surface area (Å²) in [4.78, 5) is 19.9. The second-order valence-electron chi connectivity index (χ2n) is 7.19. The Morgan fingerprint density at radius 3 is 2.70 bits per heavy atom. The number of amides is 1. The molecule has 3 rings (SSSR count). The highest BCUT2D eigenvalue weighted by Crippen LogP contribution is 2.30. The molecule has 23 heavy (non-hydrogen) atoms. The Morgan fingerprint density at radius 2 is 2.00 bits per heavy atom. The largest absolute Gasteiger partial charge is 0.465 e. The van der Waals surface area contributed by atoms with E-state index in [0.717, 1.165) is 16.6 Å². The number of hydrogen-bond donors (Lipinski definition) is 1. The van der Waals surface area contributed by atoms with Crippen molar-refractivity contribution < 1.29 is 9.90 Å². The number of carboxylic acid groups (broad SMARTS) is 1. The van der Waals surface area contributed by atoms with Gasteiger partial charge in [0.15, 0.2) is 0 Å². The van der Waals surface area contributed by atoms with Crippen LogP contribution in [0.25, 0.3) is 10.9 Å². The van der Waals surface area contributed by atoms with Crippen molar-refractivity contribution in [1.82, 2.24) is 9.88 Å². The van der Waals surface area contributed by atoms with Crippen molar-refractivity contribution >= 4 is 22.7 Å². The molecule has 0 radical (unpaired) electrons. The minimum Gasteiger partial charge on any atom is -0.465 e. The Hall–Kier alpha value is -2.30. The molecule has 1 atom stereocenters. The molecule has 1 saturated heterocycles. The highest BCUT2D eigenvalue weighted by molar-refractivity contribution is 5.81. The molecule has 5 nitrogen and oxygen atoms in total. The van der Waals surface area contributed by atoms with Gasteiger partial charge in [0.25, 0.3) is 0 Å². The molecule has 0 saturated carbocycles. The standard InChI is InChI=1S/C18H23N3O2/c1-18(2,3)16-12-20(8-9-21(16)17(22)23)14-10-13-6-4-5-7-15(13)19-11-14/h4-7,10-11,16H,8-9,12H2,1-3H3,(H,22,23). The number of para-hydroxylation sites is 1. The van der Waals surface area contributed by atoms with Crippen LogP contribution in [-0.4, -0.2) is 46.8 Å². The van der Waals surface area contributed by atoms with Crippen LogP contribution < -0.4 is 4.90 Å². The molecule has 2 heterocycles. The first kappa shape index (κ1) is 15.6. The van der Waals surface area contributed by atoms with Crippen molar-refractivity contribution in [2.24, 2.45) is 5.41 Å². The highest BCUT2D eigenvalue weighted by atomic mass is 16.4. The molecule has 1 aliphatic heterocycles. The van der Waals surface area contributed by atoms with Gasteiger partial charge in [0, 0.05) is 25.0 Å². The number of nitrogens with zero attached hydrogens (tertiary/aromatic N) is 3. The van der Waals surface area contributed by atoms with Crippen molar-refractivity contribution in [3.63, 3.8) is 0 Å². The summed E-state index contributed by atoms with van der Waals surface area (Å²) in [6.45, 7) is 8.18. The minimum atomic E-state index is -0.832. The van der Waals surface area contributed by atoms with Crippen LogP contribution in [0.5, 0.6) is 0 Å². The Bertz CT molecular complexity index is 724. The van der Waals surface area contributed by atoms with E-state index >= 15 is 0 Å². The third-order valence-corrected chi connectivity index (χ3v) is 4.57. The van der Waals surface area contributed by atoms with Crippen LogP contribution in [0.15, 0.2) is 36.5 Å². The van der Waals surface area contributed by atoms with Crippen LogP contribution in [0.1, 0.15) is 20.8 Å². The predicted molar refractivity (Wildman–Crippen MR) is 91.9 cm³/mol. The Balaban J connectivity index is 1.89. The molecule has 1 aliphatic rings. The second kappa shape index (κ2) is 5.72. The molecular weight excluding hydrogens is 290 g/mol. The number of rotatable bonds is 1. The summed E-state index contributed by atoms with van der Waals surface area (Å²) in [5, 5.41) is 10.6. The molecule has 2 aromatic rings. The van der Waals surface area contributed by atoms with Crippen LogP contribution in [0.4, 0.5) is 10.5 Å². The van der Waals surface area contributed by atoms with Gasteiger partial charge >= 0.3 is 6.09 Å². The minimum absolute atomic E-state index is 0.0415. The normalized spacial score (nSPS) is 19.2. The van der Waals surface area contributed by atoms with Crippen LogP contribution in [0.2, 0.25) is 0 Å². The molecule has 0 aliphatic carbocycles. The van der Waals surface area contributed by atoms with E-state index < -0.39 is 6.09 Å². The highest BCUT2D eigenvalue weighted by Gasteiger charge is 2.38. The zero-order chi connectivity index (χ0) is 16.6. The van der Waals surface area contributed by atoms with Crippen molar-refractivity contribution in [1.29, 1.82) is 0 Å². The number of carbonyl (C=O) groups is 1. The second-order valence-corrected chi connectivity index (χ2v) is 7.19. The number of pyridine rings is 1. The molecular formula is C18H23N3O2. The van der Waals surface area contributed by atoms with E-state index in [1.807, 2.05) is 24.4 Å². The number of benzene rings is 1. The molecule has 5 heteroatoms. The van der Waals surface area contributed by atoms with Crippen molar-refractivity contribution in [3.05, 3.63) is 36.5 Å². The van der Waals surface area contributed by atoms with E-state index in [-0.39, 0.29) is 11.5 Å². The summed E-state index contributed by atoms with van der Waals surface area (Å²) in [6, 6.07) is 10.1. The van der Waals surface area contributed by atoms with Crippen molar-refractivity contribution in [2.45, 2.75) is 26.8 Å². The lowest BCUT2D eigenvalue weighted by atomic mass is 9.84. The van der Waals surface area contributed by atoms with Gasteiger partial charge in [-0.2, -0.15) is 0 Å².